The average Bonchev–Trinajstić information content (AvgIpc) is 2.80. The summed E-state index contributed by atoms with van der Waals surface area (Å²) in [6, 6.07) is 9.54. The summed E-state index contributed by atoms with van der Waals surface area (Å²) in [7, 11) is -4.22. The maximum atomic E-state index is 12.7. The molecule has 0 aliphatic carbocycles. The fourth-order valence-corrected chi connectivity index (χ4v) is 4.75. The van der Waals surface area contributed by atoms with Gasteiger partial charge in [0, 0.05) is 43.1 Å². The molecule has 0 aromatic heterocycles. The molecule has 0 spiro atoms. The van der Waals surface area contributed by atoms with Gasteiger partial charge in [0.2, 0.25) is 12.3 Å². The molecule has 1 aliphatic rings. The largest absolute Gasteiger partial charge is 0.380 e. The maximum Gasteiger partial charge on any atom is 0.259 e. The van der Waals surface area contributed by atoms with E-state index in [2.05, 4.69) is 5.32 Å². The molecular weight excluding hydrogens is 490 g/mol. The van der Waals surface area contributed by atoms with Crippen LogP contribution >= 0.6 is 11.6 Å². The summed E-state index contributed by atoms with van der Waals surface area (Å²) in [5.41, 5.74) is 4.55. The number of nitrogens with one attached hydrogen (secondary N) is 3. The first-order valence-corrected chi connectivity index (χ1v) is 12.5. The minimum absolute atomic E-state index is 0.00634. The van der Waals surface area contributed by atoms with Crippen LogP contribution in [0.1, 0.15) is 41.3 Å². The number of carbonyl (C=O) groups excluding carboxylic acids is 2. The zero-order chi connectivity index (χ0) is 24.9. The first kappa shape index (κ1) is 25.9. The van der Waals surface area contributed by atoms with Crippen LogP contribution in [0.5, 0.6) is 0 Å². The molecule has 3 rings (SSSR count). The van der Waals surface area contributed by atoms with E-state index >= 15 is 0 Å². The van der Waals surface area contributed by atoms with Gasteiger partial charge in [-0.3, -0.25) is 15.0 Å². The number of nitrogens with zero attached hydrogens (tertiary/aromatic N) is 1. The van der Waals surface area contributed by atoms with Gasteiger partial charge in [0.05, 0.1) is 5.69 Å². The van der Waals surface area contributed by atoms with Gasteiger partial charge < -0.3 is 10.2 Å². The van der Waals surface area contributed by atoms with E-state index in [1.54, 1.807) is 17.0 Å². The standard InChI is InChI=1S/C22H25ClF2N4O4S/c1-2-29-10-9-15-11-14(3-5-17(15)22(29)31)13-26-18-12-16(23)4-6-19(18)34(32,33)28-27-21(30)8-7-20(24)25/h3-6,11-12,20,26,28H,2,7-10,13H2,1H3,(H,27,30). The summed E-state index contributed by atoms with van der Waals surface area (Å²) in [5.74, 6) is -0.884. The van der Waals surface area contributed by atoms with Crippen molar-refractivity contribution in [2.24, 2.45) is 0 Å². The van der Waals surface area contributed by atoms with Crippen molar-refractivity contribution in [3.05, 3.63) is 58.1 Å². The Morgan fingerprint density at radius 3 is 2.68 bits per heavy atom. The molecule has 0 radical (unpaired) electrons. The lowest BCUT2D eigenvalue weighted by Crippen LogP contribution is -2.41. The first-order valence-electron chi connectivity index (χ1n) is 10.6. The number of hydrazine groups is 1. The topological polar surface area (TPSA) is 108 Å². The Labute approximate surface area is 201 Å². The number of anilines is 1. The average molecular weight is 515 g/mol. The van der Waals surface area contributed by atoms with Crippen LogP contribution in [-0.2, 0) is 27.8 Å². The number of sulfonamides is 1. The van der Waals surface area contributed by atoms with E-state index in [1.165, 1.54) is 18.2 Å². The first-order chi connectivity index (χ1) is 16.1. The fraction of sp³-hybridized carbons (Fsp3) is 0.364. The molecule has 8 nitrogen and oxygen atoms in total. The molecule has 0 saturated heterocycles. The molecule has 2 aromatic carbocycles. The Morgan fingerprint density at radius 2 is 1.97 bits per heavy atom. The Morgan fingerprint density at radius 1 is 1.21 bits per heavy atom. The highest BCUT2D eigenvalue weighted by Gasteiger charge is 2.24. The number of hydrogen-bond donors (Lipinski definition) is 3. The van der Waals surface area contributed by atoms with Gasteiger partial charge in [-0.05, 0) is 48.7 Å². The molecule has 0 saturated carbocycles. The van der Waals surface area contributed by atoms with E-state index in [0.717, 1.165) is 17.5 Å². The molecule has 3 N–H and O–H groups in total. The van der Waals surface area contributed by atoms with Crippen molar-refractivity contribution in [3.8, 4) is 0 Å². The number of hydrogen-bond acceptors (Lipinski definition) is 5. The van der Waals surface area contributed by atoms with Crippen LogP contribution in [-0.4, -0.2) is 44.6 Å². The normalized spacial score (nSPS) is 13.7. The molecule has 0 unspecified atom stereocenters. The second kappa shape index (κ2) is 11.1. The Kier molecular flexibility index (Phi) is 8.45. The van der Waals surface area contributed by atoms with Gasteiger partial charge in [0.25, 0.3) is 15.9 Å². The summed E-state index contributed by atoms with van der Waals surface area (Å²) in [6.07, 6.45) is -3.14. The second-order valence-electron chi connectivity index (χ2n) is 7.70. The molecule has 2 amide bonds. The lowest BCUT2D eigenvalue weighted by atomic mass is 9.96. The van der Waals surface area contributed by atoms with Gasteiger partial charge in [-0.15, -0.1) is 4.83 Å². The summed E-state index contributed by atoms with van der Waals surface area (Å²) in [5, 5.41) is 3.32. The SMILES string of the molecule is CCN1CCc2cc(CNc3cc(Cl)ccc3S(=O)(=O)NNC(=O)CCC(F)F)ccc2C1=O. The van der Waals surface area contributed by atoms with Gasteiger partial charge >= 0.3 is 0 Å². The maximum absolute atomic E-state index is 12.7. The summed E-state index contributed by atoms with van der Waals surface area (Å²) in [4.78, 5) is 27.6. The van der Waals surface area contributed by atoms with E-state index in [1.807, 2.05) is 23.2 Å². The van der Waals surface area contributed by atoms with E-state index in [9.17, 15) is 26.8 Å². The smallest absolute Gasteiger partial charge is 0.259 e. The molecule has 34 heavy (non-hydrogen) atoms. The molecule has 12 heteroatoms. The number of amides is 2. The molecule has 1 aliphatic heterocycles. The molecule has 184 valence electrons. The minimum atomic E-state index is -4.22. The summed E-state index contributed by atoms with van der Waals surface area (Å²) >= 11 is 6.05. The van der Waals surface area contributed by atoms with Crippen molar-refractivity contribution >= 4 is 39.1 Å². The Bertz CT molecular complexity index is 1180. The van der Waals surface area contributed by atoms with Crippen LogP contribution in [0.25, 0.3) is 0 Å². The molecule has 1 heterocycles. The minimum Gasteiger partial charge on any atom is -0.380 e. The molecule has 2 aromatic rings. The highest BCUT2D eigenvalue weighted by Crippen LogP contribution is 2.26. The monoisotopic (exact) mass is 514 g/mol. The van der Waals surface area contributed by atoms with Crippen molar-refractivity contribution < 1.29 is 26.8 Å². The number of alkyl halides is 2. The number of halogens is 3. The summed E-state index contributed by atoms with van der Waals surface area (Å²) < 4.78 is 49.9. The van der Waals surface area contributed by atoms with E-state index in [4.69, 9.17) is 11.6 Å². The predicted molar refractivity (Wildman–Crippen MR) is 124 cm³/mol. The molecule has 0 fully saturated rings. The van der Waals surface area contributed by atoms with Crippen LogP contribution < -0.4 is 15.6 Å². The number of rotatable bonds is 10. The quantitative estimate of drug-likeness (QED) is 0.422. The number of benzene rings is 2. The van der Waals surface area contributed by atoms with Crippen molar-refractivity contribution in [1.82, 2.24) is 15.2 Å². The number of fused-ring (bicyclic) bond motifs is 1. The highest BCUT2D eigenvalue weighted by molar-refractivity contribution is 7.89. The summed E-state index contributed by atoms with van der Waals surface area (Å²) in [6.45, 7) is 3.48. The number of carbonyl (C=O) groups is 2. The lowest BCUT2D eigenvalue weighted by Gasteiger charge is -2.27. The lowest BCUT2D eigenvalue weighted by molar-refractivity contribution is -0.122. The van der Waals surface area contributed by atoms with Crippen LogP contribution in [0.3, 0.4) is 0 Å². The fourth-order valence-electron chi connectivity index (χ4n) is 3.56. The van der Waals surface area contributed by atoms with Crippen molar-refractivity contribution in [1.29, 1.82) is 0 Å². The van der Waals surface area contributed by atoms with E-state index < -0.39 is 35.2 Å². The van der Waals surface area contributed by atoms with Gasteiger partial charge in [-0.2, -0.15) is 0 Å². The van der Waals surface area contributed by atoms with Crippen molar-refractivity contribution in [2.45, 2.75) is 44.1 Å². The van der Waals surface area contributed by atoms with Crippen LogP contribution in [0.15, 0.2) is 41.3 Å². The zero-order valence-electron chi connectivity index (χ0n) is 18.4. The highest BCUT2D eigenvalue weighted by atomic mass is 35.5. The van der Waals surface area contributed by atoms with Gasteiger partial charge in [-0.25, -0.2) is 17.2 Å². The number of likely N-dealkylation sites (N-methyl/N-ethyl adjacent to an activating group) is 1. The second-order valence-corrected chi connectivity index (χ2v) is 9.79. The van der Waals surface area contributed by atoms with Crippen molar-refractivity contribution in [2.75, 3.05) is 18.4 Å². The van der Waals surface area contributed by atoms with Crippen molar-refractivity contribution in [3.63, 3.8) is 0 Å². The van der Waals surface area contributed by atoms with Gasteiger partial charge in [-0.1, -0.05) is 23.7 Å². The van der Waals surface area contributed by atoms with Gasteiger partial charge in [0.15, 0.2) is 0 Å². The molecular formula is C22H25ClF2N4O4S. The molecule has 0 bridgehead atoms. The predicted octanol–water partition coefficient (Wildman–Crippen LogP) is 3.33. The zero-order valence-corrected chi connectivity index (χ0v) is 20.0. The Hall–Kier alpha value is -2.76. The van der Waals surface area contributed by atoms with Crippen LogP contribution in [0.2, 0.25) is 5.02 Å². The van der Waals surface area contributed by atoms with E-state index in [-0.39, 0.29) is 28.1 Å². The van der Waals surface area contributed by atoms with Crippen LogP contribution in [0, 0.1) is 0 Å². The van der Waals surface area contributed by atoms with E-state index in [0.29, 0.717) is 18.7 Å². The molecule has 0 atom stereocenters. The van der Waals surface area contributed by atoms with Crippen LogP contribution in [0.4, 0.5) is 14.5 Å². The van der Waals surface area contributed by atoms with Gasteiger partial charge in [0.1, 0.15) is 4.90 Å². The third-order valence-corrected chi connectivity index (χ3v) is 6.89. The third-order valence-electron chi connectivity index (χ3n) is 5.35. The third kappa shape index (κ3) is 6.43. The Balaban J connectivity index is 1.72.